The van der Waals surface area contributed by atoms with Gasteiger partial charge in [-0.25, -0.2) is 0 Å². The van der Waals surface area contributed by atoms with Crippen molar-refractivity contribution in [3.8, 4) is 11.1 Å². The number of nitrogens with zero attached hydrogens (tertiary/aromatic N) is 4. The lowest BCUT2D eigenvalue weighted by Crippen LogP contribution is -2.36. The molecule has 0 unspecified atom stereocenters. The molecule has 1 fully saturated rings. The number of carbonyl (C=O) groups is 1. The topological polar surface area (TPSA) is 60.2 Å². The summed E-state index contributed by atoms with van der Waals surface area (Å²) in [5.74, 6) is 0.131. The number of Topliss-reactive ketones (excluding diaryl/α,β-unsaturated/α-hetero) is 1. The van der Waals surface area contributed by atoms with Gasteiger partial charge in [0.1, 0.15) is 0 Å². The maximum absolute atomic E-state index is 13.1. The highest BCUT2D eigenvalue weighted by molar-refractivity contribution is 5.98. The summed E-state index contributed by atoms with van der Waals surface area (Å²) in [6, 6.07) is 14.7. The van der Waals surface area contributed by atoms with Crippen LogP contribution in [0.3, 0.4) is 0 Å². The number of ketones is 1. The molecule has 184 valence electrons. The van der Waals surface area contributed by atoms with Crippen LogP contribution in [0.4, 0.5) is 0 Å². The predicted molar refractivity (Wildman–Crippen MR) is 141 cm³/mol. The van der Waals surface area contributed by atoms with Crippen molar-refractivity contribution in [3.63, 3.8) is 0 Å². The minimum absolute atomic E-state index is 0.131. The lowest BCUT2D eigenvalue weighted by Gasteiger charge is -2.27. The molecule has 0 saturated carbocycles. The van der Waals surface area contributed by atoms with Gasteiger partial charge in [0.2, 0.25) is 0 Å². The molecule has 0 bridgehead atoms. The third-order valence-electron chi connectivity index (χ3n) is 7.64. The molecule has 3 heterocycles. The van der Waals surface area contributed by atoms with Crippen LogP contribution in [-0.2, 0) is 37.6 Å². The van der Waals surface area contributed by atoms with E-state index in [1.54, 1.807) is 0 Å². The van der Waals surface area contributed by atoms with Crippen molar-refractivity contribution in [1.29, 1.82) is 0 Å². The quantitative estimate of drug-likeness (QED) is 0.372. The first kappa shape index (κ1) is 23.1. The van der Waals surface area contributed by atoms with Crippen LogP contribution < -0.4 is 0 Å². The van der Waals surface area contributed by atoms with Gasteiger partial charge in [-0.2, -0.15) is 5.10 Å². The smallest absolute Gasteiger partial charge is 0.168 e. The van der Waals surface area contributed by atoms with E-state index in [0.29, 0.717) is 6.42 Å². The first-order valence-electron chi connectivity index (χ1n) is 13.0. The van der Waals surface area contributed by atoms with Crippen LogP contribution in [0.25, 0.3) is 21.9 Å². The number of aryl methyl sites for hydroxylation is 3. The Labute approximate surface area is 211 Å². The maximum atomic E-state index is 13.1. The first-order chi connectivity index (χ1) is 17.6. The molecule has 0 atom stereocenters. The Kier molecular flexibility index (Phi) is 6.38. The lowest BCUT2D eigenvalue weighted by molar-refractivity contribution is 0.0332. The van der Waals surface area contributed by atoms with Crippen molar-refractivity contribution >= 4 is 16.6 Å². The van der Waals surface area contributed by atoms with Crippen LogP contribution in [0, 0.1) is 0 Å². The molecule has 2 aliphatic rings. The summed E-state index contributed by atoms with van der Waals surface area (Å²) in [7, 11) is 2.01. The van der Waals surface area contributed by atoms with Crippen molar-refractivity contribution < 1.29 is 9.53 Å². The second kappa shape index (κ2) is 9.96. The van der Waals surface area contributed by atoms with Crippen molar-refractivity contribution in [1.82, 2.24) is 19.7 Å². The van der Waals surface area contributed by atoms with E-state index in [9.17, 15) is 4.79 Å². The number of morpholine rings is 1. The van der Waals surface area contributed by atoms with E-state index < -0.39 is 0 Å². The molecule has 2 aromatic carbocycles. The summed E-state index contributed by atoms with van der Waals surface area (Å²) in [5.41, 5.74) is 7.83. The minimum Gasteiger partial charge on any atom is -0.379 e. The minimum atomic E-state index is 0.131. The van der Waals surface area contributed by atoms with Crippen molar-refractivity contribution in [2.75, 3.05) is 26.3 Å². The van der Waals surface area contributed by atoms with E-state index in [2.05, 4.69) is 51.4 Å². The zero-order valence-electron chi connectivity index (χ0n) is 20.9. The number of fused-ring (bicyclic) bond motifs is 2. The second-order valence-corrected chi connectivity index (χ2v) is 10.0. The van der Waals surface area contributed by atoms with Crippen LogP contribution in [0.1, 0.15) is 45.7 Å². The Morgan fingerprint density at radius 1 is 0.944 bits per heavy atom. The summed E-state index contributed by atoms with van der Waals surface area (Å²) in [6.07, 6.45) is 8.82. The van der Waals surface area contributed by atoms with Crippen molar-refractivity contribution in [3.05, 3.63) is 82.9 Å². The fraction of sp³-hybridized carbons (Fsp3) is 0.367. The fourth-order valence-corrected chi connectivity index (χ4v) is 5.49. The maximum Gasteiger partial charge on any atom is 0.168 e. The Balaban J connectivity index is 1.25. The van der Waals surface area contributed by atoms with Crippen molar-refractivity contribution in [2.45, 2.75) is 38.6 Å². The van der Waals surface area contributed by atoms with E-state index in [4.69, 9.17) is 4.74 Å². The highest BCUT2D eigenvalue weighted by Gasteiger charge is 2.18. The molecule has 2 aromatic heterocycles. The average molecular weight is 481 g/mol. The first-order valence-corrected chi connectivity index (χ1v) is 13.0. The lowest BCUT2D eigenvalue weighted by atomic mass is 9.89. The van der Waals surface area contributed by atoms with Crippen LogP contribution in [0.15, 0.2) is 54.9 Å². The van der Waals surface area contributed by atoms with E-state index >= 15 is 0 Å². The van der Waals surface area contributed by atoms with Crippen LogP contribution in [0.5, 0.6) is 0 Å². The summed E-state index contributed by atoms with van der Waals surface area (Å²) >= 11 is 0. The second-order valence-electron chi connectivity index (χ2n) is 10.0. The van der Waals surface area contributed by atoms with Crippen molar-refractivity contribution in [2.24, 2.45) is 7.05 Å². The normalized spacial score (nSPS) is 16.2. The van der Waals surface area contributed by atoms with Gasteiger partial charge in [-0.05, 0) is 66.0 Å². The third kappa shape index (κ3) is 4.71. The van der Waals surface area contributed by atoms with Gasteiger partial charge in [0, 0.05) is 55.1 Å². The molecule has 0 amide bonds. The molecule has 0 N–H and O–H groups in total. The molecule has 6 heteroatoms. The molecule has 4 aromatic rings. The van der Waals surface area contributed by atoms with E-state index in [-0.39, 0.29) is 5.78 Å². The Morgan fingerprint density at radius 2 is 1.78 bits per heavy atom. The fourth-order valence-electron chi connectivity index (χ4n) is 5.49. The molecule has 1 saturated heterocycles. The number of benzene rings is 2. The SMILES string of the molecule is Cn1ncc(-c2ccc3cnc(CC(=O)c4ccc5c(c4)CCCC5)cc3c2)c1CN1CCOCC1. The molecular formula is C30H32N4O2. The standard InChI is InChI=1S/C30H32N4O2/c1-33-29(20-34-10-12-36-13-11-34)28(19-32-33)23-7-9-25-18-31-27(16-26(25)15-23)17-30(35)24-8-6-21-4-2-3-5-22(21)14-24/h6-9,14-16,18-19H,2-5,10-13,17,20H2,1H3. The van der Waals surface area contributed by atoms with Gasteiger partial charge in [-0.3, -0.25) is 19.4 Å². The van der Waals surface area contributed by atoms with Gasteiger partial charge in [-0.15, -0.1) is 0 Å². The summed E-state index contributed by atoms with van der Waals surface area (Å²) < 4.78 is 7.49. The molecular weight excluding hydrogens is 448 g/mol. The Morgan fingerprint density at radius 3 is 2.64 bits per heavy atom. The zero-order chi connectivity index (χ0) is 24.5. The number of carbonyl (C=O) groups excluding carboxylic acids is 1. The van der Waals surface area contributed by atoms with Gasteiger partial charge < -0.3 is 4.74 Å². The highest BCUT2D eigenvalue weighted by atomic mass is 16.5. The molecule has 6 rings (SSSR count). The Bertz CT molecular complexity index is 1420. The molecule has 1 aliphatic carbocycles. The zero-order valence-corrected chi connectivity index (χ0v) is 20.9. The molecule has 36 heavy (non-hydrogen) atoms. The number of pyridine rings is 1. The number of aromatic nitrogens is 3. The monoisotopic (exact) mass is 480 g/mol. The van der Waals surface area contributed by atoms with Gasteiger partial charge >= 0.3 is 0 Å². The summed E-state index contributed by atoms with van der Waals surface area (Å²) in [4.78, 5) is 20.1. The van der Waals surface area contributed by atoms with Gasteiger partial charge in [0.25, 0.3) is 0 Å². The van der Waals surface area contributed by atoms with Gasteiger partial charge in [0.15, 0.2) is 5.78 Å². The largest absolute Gasteiger partial charge is 0.379 e. The van der Waals surface area contributed by atoms with E-state index in [0.717, 1.165) is 78.8 Å². The van der Waals surface area contributed by atoms with E-state index in [1.165, 1.54) is 29.7 Å². The molecule has 0 radical (unpaired) electrons. The third-order valence-corrected chi connectivity index (χ3v) is 7.64. The van der Waals surface area contributed by atoms with Gasteiger partial charge in [0.05, 0.1) is 31.5 Å². The van der Waals surface area contributed by atoms with Gasteiger partial charge in [-0.1, -0.05) is 24.3 Å². The molecule has 0 spiro atoms. The molecule has 1 aliphatic heterocycles. The predicted octanol–water partition coefficient (Wildman–Crippen LogP) is 4.77. The summed E-state index contributed by atoms with van der Waals surface area (Å²) in [5, 5.41) is 6.73. The number of hydrogen-bond acceptors (Lipinski definition) is 5. The van der Waals surface area contributed by atoms with Crippen LogP contribution in [0.2, 0.25) is 0 Å². The summed E-state index contributed by atoms with van der Waals surface area (Å²) in [6.45, 7) is 4.29. The number of rotatable bonds is 6. The molecule has 6 nitrogen and oxygen atoms in total. The van der Waals surface area contributed by atoms with Crippen LogP contribution >= 0.6 is 0 Å². The van der Waals surface area contributed by atoms with E-state index in [1.807, 2.05) is 30.2 Å². The average Bonchev–Trinajstić information content (AvgIpc) is 3.28. The number of hydrogen-bond donors (Lipinski definition) is 0. The van der Waals surface area contributed by atoms with Crippen LogP contribution in [-0.4, -0.2) is 51.8 Å². The number of ether oxygens (including phenoxy) is 1. The Hall–Kier alpha value is -3.35. The highest BCUT2D eigenvalue weighted by Crippen LogP contribution is 2.29.